The lowest BCUT2D eigenvalue weighted by Gasteiger charge is -2.03. The monoisotopic (exact) mass is 253 g/mol. The quantitative estimate of drug-likeness (QED) is 0.757. The van der Waals surface area contributed by atoms with Crippen LogP contribution in [0.2, 0.25) is 0 Å². The van der Waals surface area contributed by atoms with Crippen LogP contribution in [0.25, 0.3) is 0 Å². The Labute approximate surface area is 110 Å². The SMILES string of the molecule is NCC#Cc1cccc(NC(=O)c2cncnc2)n1. The minimum Gasteiger partial charge on any atom is -0.320 e. The molecular formula is C13H11N5O. The van der Waals surface area contributed by atoms with Crippen LogP contribution in [-0.4, -0.2) is 27.4 Å². The average Bonchev–Trinajstić information content (AvgIpc) is 2.46. The smallest absolute Gasteiger partial charge is 0.259 e. The molecule has 94 valence electrons. The molecule has 19 heavy (non-hydrogen) atoms. The van der Waals surface area contributed by atoms with Gasteiger partial charge in [0.25, 0.3) is 5.91 Å². The van der Waals surface area contributed by atoms with Crippen LogP contribution in [0.15, 0.2) is 36.9 Å². The number of hydrogen-bond donors (Lipinski definition) is 2. The van der Waals surface area contributed by atoms with Gasteiger partial charge in [0.15, 0.2) is 0 Å². The van der Waals surface area contributed by atoms with Gasteiger partial charge in [-0.05, 0) is 18.1 Å². The van der Waals surface area contributed by atoms with Crippen LogP contribution < -0.4 is 11.1 Å². The predicted octanol–water partition coefficient (Wildman–Crippen LogP) is 0.434. The van der Waals surface area contributed by atoms with Crippen molar-refractivity contribution in [3.8, 4) is 11.8 Å². The van der Waals surface area contributed by atoms with Crippen molar-refractivity contribution in [1.82, 2.24) is 15.0 Å². The average molecular weight is 253 g/mol. The first-order valence-electron chi connectivity index (χ1n) is 5.52. The first-order chi connectivity index (χ1) is 9.29. The Balaban J connectivity index is 2.13. The van der Waals surface area contributed by atoms with Crippen LogP contribution in [-0.2, 0) is 0 Å². The molecule has 2 aromatic heterocycles. The van der Waals surface area contributed by atoms with Crippen LogP contribution in [0.4, 0.5) is 5.82 Å². The van der Waals surface area contributed by atoms with Crippen LogP contribution >= 0.6 is 0 Å². The van der Waals surface area contributed by atoms with E-state index < -0.39 is 0 Å². The van der Waals surface area contributed by atoms with Crippen LogP contribution in [0.5, 0.6) is 0 Å². The molecule has 2 aromatic rings. The van der Waals surface area contributed by atoms with Gasteiger partial charge in [0.1, 0.15) is 17.8 Å². The zero-order chi connectivity index (χ0) is 13.5. The predicted molar refractivity (Wildman–Crippen MR) is 70.2 cm³/mol. The summed E-state index contributed by atoms with van der Waals surface area (Å²) in [6.45, 7) is 0.264. The molecule has 0 bridgehead atoms. The molecule has 0 aliphatic heterocycles. The number of nitrogens with two attached hydrogens (primary N) is 1. The highest BCUT2D eigenvalue weighted by molar-refractivity contribution is 6.03. The summed E-state index contributed by atoms with van der Waals surface area (Å²) in [6, 6.07) is 5.17. The summed E-state index contributed by atoms with van der Waals surface area (Å²) in [5, 5.41) is 2.65. The summed E-state index contributed by atoms with van der Waals surface area (Å²) in [5.41, 5.74) is 6.20. The van der Waals surface area contributed by atoms with Gasteiger partial charge in [0, 0.05) is 12.4 Å². The summed E-state index contributed by atoms with van der Waals surface area (Å²) in [5.74, 6) is 5.59. The number of carbonyl (C=O) groups is 1. The van der Waals surface area contributed by atoms with Gasteiger partial charge in [-0.2, -0.15) is 0 Å². The molecule has 0 atom stereocenters. The number of hydrogen-bond acceptors (Lipinski definition) is 5. The Morgan fingerprint density at radius 1 is 1.32 bits per heavy atom. The lowest BCUT2D eigenvalue weighted by Crippen LogP contribution is -2.13. The molecule has 1 amide bonds. The maximum Gasteiger partial charge on any atom is 0.259 e. The van der Waals surface area contributed by atoms with Gasteiger partial charge >= 0.3 is 0 Å². The van der Waals surface area contributed by atoms with Crippen LogP contribution in [0.1, 0.15) is 16.1 Å². The maximum atomic E-state index is 11.9. The van der Waals surface area contributed by atoms with Gasteiger partial charge in [0.05, 0.1) is 12.1 Å². The van der Waals surface area contributed by atoms with Crippen molar-refractivity contribution in [2.75, 3.05) is 11.9 Å². The van der Waals surface area contributed by atoms with E-state index >= 15 is 0 Å². The Morgan fingerprint density at radius 3 is 2.84 bits per heavy atom. The molecule has 6 nitrogen and oxygen atoms in total. The van der Waals surface area contributed by atoms with Crippen molar-refractivity contribution in [2.45, 2.75) is 0 Å². The number of anilines is 1. The van der Waals surface area contributed by atoms with Gasteiger partial charge in [-0.3, -0.25) is 4.79 Å². The molecule has 2 rings (SSSR count). The van der Waals surface area contributed by atoms with Gasteiger partial charge in [-0.1, -0.05) is 12.0 Å². The number of amides is 1. The Bertz CT molecular complexity index is 630. The topological polar surface area (TPSA) is 93.8 Å². The zero-order valence-corrected chi connectivity index (χ0v) is 10.00. The standard InChI is InChI=1S/C13H11N5O/c14-6-2-4-11-3-1-5-12(17-11)18-13(19)10-7-15-9-16-8-10/h1,3,5,7-9H,6,14H2,(H,17,18,19). The minimum absolute atomic E-state index is 0.264. The molecule has 3 N–H and O–H groups in total. The molecule has 0 aliphatic carbocycles. The highest BCUT2D eigenvalue weighted by Crippen LogP contribution is 2.06. The summed E-state index contributed by atoms with van der Waals surface area (Å²) >= 11 is 0. The van der Waals surface area contributed by atoms with Crippen molar-refractivity contribution in [3.05, 3.63) is 48.2 Å². The third-order valence-corrected chi connectivity index (χ3v) is 2.13. The fourth-order valence-corrected chi connectivity index (χ4v) is 1.32. The molecule has 0 saturated carbocycles. The molecule has 0 aromatic carbocycles. The van der Waals surface area contributed by atoms with Crippen molar-refractivity contribution in [3.63, 3.8) is 0 Å². The summed E-state index contributed by atoms with van der Waals surface area (Å²) < 4.78 is 0. The number of carbonyl (C=O) groups excluding carboxylic acids is 1. The van der Waals surface area contributed by atoms with Gasteiger partial charge < -0.3 is 11.1 Å². The molecule has 0 unspecified atom stereocenters. The van der Waals surface area contributed by atoms with Crippen molar-refractivity contribution in [1.29, 1.82) is 0 Å². The van der Waals surface area contributed by atoms with E-state index in [2.05, 4.69) is 32.1 Å². The molecule has 0 aliphatic rings. The van der Waals surface area contributed by atoms with E-state index in [0.717, 1.165) is 0 Å². The Hall–Kier alpha value is -2.78. The summed E-state index contributed by atoms with van der Waals surface area (Å²) in [7, 11) is 0. The minimum atomic E-state index is -0.322. The number of nitrogens with zero attached hydrogens (tertiary/aromatic N) is 3. The molecule has 2 heterocycles. The second-order valence-electron chi connectivity index (χ2n) is 3.50. The fourth-order valence-electron chi connectivity index (χ4n) is 1.32. The Morgan fingerprint density at radius 2 is 2.11 bits per heavy atom. The summed E-state index contributed by atoms with van der Waals surface area (Å²) in [6.07, 6.45) is 4.22. The van der Waals surface area contributed by atoms with Crippen molar-refractivity contribution in [2.24, 2.45) is 5.73 Å². The van der Waals surface area contributed by atoms with E-state index in [0.29, 0.717) is 17.1 Å². The molecule has 6 heteroatoms. The van der Waals surface area contributed by atoms with E-state index in [1.807, 2.05) is 0 Å². The maximum absolute atomic E-state index is 11.9. The number of aromatic nitrogens is 3. The summed E-state index contributed by atoms with van der Waals surface area (Å²) in [4.78, 5) is 23.6. The van der Waals surface area contributed by atoms with Gasteiger partial charge in [-0.15, -0.1) is 0 Å². The lowest BCUT2D eigenvalue weighted by atomic mass is 10.3. The molecule has 0 radical (unpaired) electrons. The third kappa shape index (κ3) is 3.59. The lowest BCUT2D eigenvalue weighted by molar-refractivity contribution is 0.102. The zero-order valence-electron chi connectivity index (χ0n) is 10.00. The van der Waals surface area contributed by atoms with E-state index in [9.17, 15) is 4.79 Å². The van der Waals surface area contributed by atoms with E-state index in [1.165, 1.54) is 18.7 Å². The second kappa shape index (κ2) is 6.23. The second-order valence-corrected chi connectivity index (χ2v) is 3.50. The van der Waals surface area contributed by atoms with Crippen LogP contribution in [0.3, 0.4) is 0 Å². The first kappa shape index (κ1) is 12.7. The number of rotatable bonds is 2. The third-order valence-electron chi connectivity index (χ3n) is 2.13. The van der Waals surface area contributed by atoms with Crippen LogP contribution in [0, 0.1) is 11.8 Å². The van der Waals surface area contributed by atoms with E-state index in [4.69, 9.17) is 5.73 Å². The van der Waals surface area contributed by atoms with Gasteiger partial charge in [-0.25, -0.2) is 15.0 Å². The molecular weight excluding hydrogens is 242 g/mol. The molecule has 0 spiro atoms. The Kier molecular flexibility index (Phi) is 4.16. The van der Waals surface area contributed by atoms with E-state index in [1.54, 1.807) is 18.2 Å². The van der Waals surface area contributed by atoms with Crippen molar-refractivity contribution < 1.29 is 4.79 Å². The first-order valence-corrected chi connectivity index (χ1v) is 5.52. The molecule has 0 saturated heterocycles. The van der Waals surface area contributed by atoms with Crippen molar-refractivity contribution >= 4 is 11.7 Å². The van der Waals surface area contributed by atoms with E-state index in [-0.39, 0.29) is 12.5 Å². The largest absolute Gasteiger partial charge is 0.320 e. The van der Waals surface area contributed by atoms with Gasteiger partial charge in [0.2, 0.25) is 0 Å². The number of pyridine rings is 1. The normalized spacial score (nSPS) is 9.32. The highest BCUT2D eigenvalue weighted by Gasteiger charge is 2.06. The molecule has 0 fully saturated rings. The fraction of sp³-hybridized carbons (Fsp3) is 0.0769. The highest BCUT2D eigenvalue weighted by atomic mass is 16.1. The number of nitrogens with one attached hydrogen (secondary N) is 1.